The second-order valence-electron chi connectivity index (χ2n) is 8.41. The van der Waals surface area contributed by atoms with Crippen LogP contribution >= 0.6 is 0 Å². The Morgan fingerprint density at radius 2 is 1.90 bits per heavy atom. The molecule has 1 saturated heterocycles. The van der Waals surface area contributed by atoms with Gasteiger partial charge in [0, 0.05) is 19.0 Å². The van der Waals surface area contributed by atoms with Crippen molar-refractivity contribution in [2.75, 3.05) is 26.7 Å². The molecule has 2 aliphatic rings. The van der Waals surface area contributed by atoms with E-state index in [0.29, 0.717) is 12.3 Å². The molecular weight excluding hydrogens is 364 g/mol. The largest absolute Gasteiger partial charge is 0.508 e. The van der Waals surface area contributed by atoms with Crippen molar-refractivity contribution in [3.8, 4) is 11.5 Å². The number of phenols is 1. The molecule has 5 heteroatoms. The van der Waals surface area contributed by atoms with E-state index < -0.39 is 0 Å². The van der Waals surface area contributed by atoms with Crippen molar-refractivity contribution in [1.82, 2.24) is 10.2 Å². The van der Waals surface area contributed by atoms with E-state index in [4.69, 9.17) is 4.74 Å². The third-order valence-electron chi connectivity index (χ3n) is 6.59. The van der Waals surface area contributed by atoms with Gasteiger partial charge in [0.1, 0.15) is 11.5 Å². The van der Waals surface area contributed by atoms with Crippen LogP contribution < -0.4 is 10.1 Å². The zero-order chi connectivity index (χ0) is 20.3. The molecule has 0 bridgehead atoms. The number of para-hydroxylation sites is 1. The molecule has 2 N–H and O–H groups in total. The second kappa shape index (κ2) is 8.46. The minimum Gasteiger partial charge on any atom is -0.508 e. The van der Waals surface area contributed by atoms with Gasteiger partial charge in [-0.2, -0.15) is 0 Å². The first-order valence-electron chi connectivity index (χ1n) is 10.5. The number of benzene rings is 2. The Morgan fingerprint density at radius 3 is 2.62 bits per heavy atom. The lowest BCUT2D eigenvalue weighted by Gasteiger charge is -2.32. The fourth-order valence-corrected chi connectivity index (χ4v) is 4.64. The SMILES string of the molecule is COc1ccccc1CCNC(=O)[C@@H]1CC12CCN(Cc1ccc(O)cc1)CC2. The van der Waals surface area contributed by atoms with Crippen LogP contribution in [-0.2, 0) is 17.8 Å². The Balaban J connectivity index is 1.21. The molecule has 0 unspecified atom stereocenters. The van der Waals surface area contributed by atoms with Gasteiger partial charge in [0.25, 0.3) is 0 Å². The summed E-state index contributed by atoms with van der Waals surface area (Å²) in [6, 6.07) is 15.4. The van der Waals surface area contributed by atoms with Gasteiger partial charge >= 0.3 is 0 Å². The normalized spacial score (nSPS) is 20.4. The summed E-state index contributed by atoms with van der Waals surface area (Å²) in [5.74, 6) is 1.58. The number of phenolic OH excluding ortho intramolecular Hbond substituents is 1. The quantitative estimate of drug-likeness (QED) is 0.756. The van der Waals surface area contributed by atoms with Gasteiger partial charge in [-0.15, -0.1) is 0 Å². The van der Waals surface area contributed by atoms with Crippen molar-refractivity contribution in [1.29, 1.82) is 0 Å². The lowest BCUT2D eigenvalue weighted by atomic mass is 9.90. The smallest absolute Gasteiger partial charge is 0.223 e. The molecule has 5 nitrogen and oxygen atoms in total. The number of likely N-dealkylation sites (tertiary alicyclic amines) is 1. The number of carbonyl (C=O) groups excluding carboxylic acids is 1. The molecule has 2 aromatic rings. The van der Waals surface area contributed by atoms with Gasteiger partial charge < -0.3 is 15.2 Å². The highest BCUT2D eigenvalue weighted by molar-refractivity contribution is 5.82. The second-order valence-corrected chi connectivity index (χ2v) is 8.41. The van der Waals surface area contributed by atoms with Crippen LogP contribution in [0.1, 0.15) is 30.4 Å². The van der Waals surface area contributed by atoms with Crippen molar-refractivity contribution in [3.05, 3.63) is 59.7 Å². The van der Waals surface area contributed by atoms with Crippen LogP contribution in [-0.4, -0.2) is 42.7 Å². The van der Waals surface area contributed by atoms with E-state index in [-0.39, 0.29) is 17.2 Å². The molecule has 1 atom stereocenters. The van der Waals surface area contributed by atoms with E-state index in [1.165, 1.54) is 5.56 Å². The molecule has 1 amide bonds. The van der Waals surface area contributed by atoms with E-state index in [2.05, 4.69) is 10.2 Å². The Labute approximate surface area is 172 Å². The van der Waals surface area contributed by atoms with Gasteiger partial charge in [0.2, 0.25) is 5.91 Å². The van der Waals surface area contributed by atoms with Crippen molar-refractivity contribution < 1.29 is 14.6 Å². The number of aromatic hydroxyl groups is 1. The van der Waals surface area contributed by atoms with Gasteiger partial charge in [0.05, 0.1) is 7.11 Å². The highest BCUT2D eigenvalue weighted by Crippen LogP contribution is 2.59. The molecule has 1 spiro atoms. The van der Waals surface area contributed by atoms with Gasteiger partial charge in [-0.3, -0.25) is 9.69 Å². The van der Waals surface area contributed by atoms with Crippen molar-refractivity contribution in [2.24, 2.45) is 11.3 Å². The van der Waals surface area contributed by atoms with Crippen molar-refractivity contribution >= 4 is 5.91 Å². The molecule has 154 valence electrons. The first-order valence-corrected chi connectivity index (χ1v) is 10.5. The summed E-state index contributed by atoms with van der Waals surface area (Å²) >= 11 is 0. The summed E-state index contributed by atoms with van der Waals surface area (Å²) < 4.78 is 5.38. The fraction of sp³-hybridized carbons (Fsp3) is 0.458. The third-order valence-corrected chi connectivity index (χ3v) is 6.59. The average Bonchev–Trinajstić information content (AvgIpc) is 3.45. The summed E-state index contributed by atoms with van der Waals surface area (Å²) in [5, 5.41) is 12.6. The van der Waals surface area contributed by atoms with E-state index in [1.54, 1.807) is 19.2 Å². The Hall–Kier alpha value is -2.53. The molecule has 1 aliphatic heterocycles. The maximum absolute atomic E-state index is 12.6. The number of piperidine rings is 1. The molecule has 4 rings (SSSR count). The monoisotopic (exact) mass is 394 g/mol. The topological polar surface area (TPSA) is 61.8 Å². The van der Waals surface area contributed by atoms with E-state index in [1.807, 2.05) is 36.4 Å². The van der Waals surface area contributed by atoms with Crippen molar-refractivity contribution in [3.63, 3.8) is 0 Å². The zero-order valence-electron chi connectivity index (χ0n) is 17.1. The Bertz CT molecular complexity index is 841. The summed E-state index contributed by atoms with van der Waals surface area (Å²) in [7, 11) is 1.68. The van der Waals surface area contributed by atoms with Crippen LogP contribution in [0.5, 0.6) is 11.5 Å². The molecule has 0 radical (unpaired) electrons. The fourth-order valence-electron chi connectivity index (χ4n) is 4.64. The maximum Gasteiger partial charge on any atom is 0.223 e. The number of carbonyl (C=O) groups is 1. The number of methoxy groups -OCH3 is 1. The number of hydrogen-bond donors (Lipinski definition) is 2. The zero-order valence-corrected chi connectivity index (χ0v) is 17.1. The highest BCUT2D eigenvalue weighted by Gasteiger charge is 2.58. The van der Waals surface area contributed by atoms with Crippen LogP contribution in [0, 0.1) is 11.3 Å². The number of rotatable bonds is 7. The number of nitrogens with one attached hydrogen (secondary N) is 1. The molecule has 1 heterocycles. The Morgan fingerprint density at radius 1 is 1.17 bits per heavy atom. The van der Waals surface area contributed by atoms with Gasteiger partial charge in [-0.1, -0.05) is 30.3 Å². The molecule has 2 fully saturated rings. The maximum atomic E-state index is 12.6. The number of hydrogen-bond acceptors (Lipinski definition) is 4. The minimum absolute atomic E-state index is 0.177. The van der Waals surface area contributed by atoms with Gasteiger partial charge in [-0.25, -0.2) is 0 Å². The van der Waals surface area contributed by atoms with Crippen LogP contribution in [0.2, 0.25) is 0 Å². The molecule has 0 aromatic heterocycles. The molecular formula is C24H30N2O3. The van der Waals surface area contributed by atoms with Crippen LogP contribution in [0.3, 0.4) is 0 Å². The van der Waals surface area contributed by atoms with Crippen LogP contribution in [0.25, 0.3) is 0 Å². The summed E-state index contributed by atoms with van der Waals surface area (Å²) in [5.41, 5.74) is 2.57. The first-order chi connectivity index (χ1) is 14.1. The lowest BCUT2D eigenvalue weighted by Crippen LogP contribution is -2.37. The van der Waals surface area contributed by atoms with E-state index in [9.17, 15) is 9.90 Å². The molecule has 29 heavy (non-hydrogen) atoms. The van der Waals surface area contributed by atoms with Crippen LogP contribution in [0.15, 0.2) is 48.5 Å². The predicted molar refractivity (Wildman–Crippen MR) is 113 cm³/mol. The number of amides is 1. The van der Waals surface area contributed by atoms with Gasteiger partial charge in [0.15, 0.2) is 0 Å². The molecule has 2 aromatic carbocycles. The predicted octanol–water partition coefficient (Wildman–Crippen LogP) is 3.36. The van der Waals surface area contributed by atoms with E-state index in [0.717, 1.165) is 56.6 Å². The summed E-state index contributed by atoms with van der Waals surface area (Å²) in [6.45, 7) is 3.63. The van der Waals surface area contributed by atoms with Crippen molar-refractivity contribution in [2.45, 2.75) is 32.2 Å². The summed E-state index contributed by atoms with van der Waals surface area (Å²) in [4.78, 5) is 15.1. The number of ether oxygens (including phenoxy) is 1. The van der Waals surface area contributed by atoms with Gasteiger partial charge in [-0.05, 0) is 73.5 Å². The average molecular weight is 395 g/mol. The lowest BCUT2D eigenvalue weighted by molar-refractivity contribution is -0.123. The Kier molecular flexibility index (Phi) is 5.76. The van der Waals surface area contributed by atoms with Crippen LogP contribution in [0.4, 0.5) is 0 Å². The van der Waals surface area contributed by atoms with E-state index >= 15 is 0 Å². The summed E-state index contributed by atoms with van der Waals surface area (Å²) in [6.07, 6.45) is 4.00. The third kappa shape index (κ3) is 4.56. The standard InChI is InChI=1S/C24H30N2O3/c1-29-22-5-3-2-4-19(22)10-13-25-23(28)21-16-24(21)11-14-26(15-12-24)17-18-6-8-20(27)9-7-18/h2-9,21,27H,10-17H2,1H3,(H,25,28)/t21-/m0/s1. The molecule has 1 aliphatic carbocycles. The molecule has 1 saturated carbocycles. The first kappa shape index (κ1) is 19.8. The minimum atomic E-state index is 0.177. The number of nitrogens with zero attached hydrogens (tertiary/aromatic N) is 1. The highest BCUT2D eigenvalue weighted by atomic mass is 16.5.